The summed E-state index contributed by atoms with van der Waals surface area (Å²) in [6.45, 7) is 1.91. The first-order valence-corrected chi connectivity index (χ1v) is 10.6. The molecule has 4 rings (SSSR count). The Labute approximate surface area is 176 Å². The van der Waals surface area contributed by atoms with Gasteiger partial charge in [0.1, 0.15) is 5.75 Å². The van der Waals surface area contributed by atoms with Gasteiger partial charge < -0.3 is 15.0 Å². The Morgan fingerprint density at radius 3 is 2.31 bits per heavy atom. The van der Waals surface area contributed by atoms with Gasteiger partial charge in [-0.05, 0) is 55.9 Å². The summed E-state index contributed by atoms with van der Waals surface area (Å²) >= 11 is 6.16. The van der Waals surface area contributed by atoms with Crippen LogP contribution >= 0.6 is 11.6 Å². The number of carbonyl (C=O) groups is 2. The number of amides is 2. The second kappa shape index (κ2) is 8.87. The van der Waals surface area contributed by atoms with Crippen molar-refractivity contribution in [2.24, 2.45) is 5.92 Å². The SMILES string of the molecule is O=C(NC1CC1)c1ccccc1OCC1CCN(C(=O)c2ccccc2Cl)CC1. The van der Waals surface area contributed by atoms with Crippen LogP contribution in [0.3, 0.4) is 0 Å². The number of nitrogens with one attached hydrogen (secondary N) is 1. The molecule has 2 aromatic rings. The standard InChI is InChI=1S/C23H25ClN2O3/c24-20-7-3-1-5-18(20)23(28)26-13-11-16(12-14-26)15-29-21-8-4-2-6-19(21)22(27)25-17-9-10-17/h1-8,16-17H,9-15H2,(H,25,27). The Hall–Kier alpha value is -2.53. The molecule has 2 amide bonds. The summed E-state index contributed by atoms with van der Waals surface area (Å²) in [5, 5.41) is 3.50. The van der Waals surface area contributed by atoms with Gasteiger partial charge in [-0.15, -0.1) is 0 Å². The summed E-state index contributed by atoms with van der Waals surface area (Å²) in [7, 11) is 0. The molecule has 5 nitrogen and oxygen atoms in total. The predicted molar refractivity (Wildman–Crippen MR) is 113 cm³/mol. The van der Waals surface area contributed by atoms with Crippen molar-refractivity contribution in [3.8, 4) is 5.75 Å². The lowest BCUT2D eigenvalue weighted by Gasteiger charge is -2.32. The van der Waals surface area contributed by atoms with Crippen LogP contribution in [0.4, 0.5) is 0 Å². The summed E-state index contributed by atoms with van der Waals surface area (Å²) in [5.74, 6) is 0.894. The molecule has 152 valence electrons. The van der Waals surface area contributed by atoms with Gasteiger partial charge in [-0.2, -0.15) is 0 Å². The molecular weight excluding hydrogens is 388 g/mol. The number of nitrogens with zero attached hydrogens (tertiary/aromatic N) is 1. The normalized spacial score (nSPS) is 17.1. The van der Waals surface area contributed by atoms with Gasteiger partial charge in [-0.25, -0.2) is 0 Å². The third kappa shape index (κ3) is 4.91. The molecule has 2 aromatic carbocycles. The molecule has 29 heavy (non-hydrogen) atoms. The van der Waals surface area contributed by atoms with E-state index in [-0.39, 0.29) is 11.8 Å². The summed E-state index contributed by atoms with van der Waals surface area (Å²) in [5.41, 5.74) is 1.14. The van der Waals surface area contributed by atoms with Crippen LogP contribution in [0, 0.1) is 5.92 Å². The summed E-state index contributed by atoms with van der Waals surface area (Å²) in [6.07, 6.45) is 3.85. The summed E-state index contributed by atoms with van der Waals surface area (Å²) < 4.78 is 6.01. The number of hydrogen-bond acceptors (Lipinski definition) is 3. The Balaban J connectivity index is 1.30. The molecule has 2 aliphatic rings. The van der Waals surface area contributed by atoms with Crippen molar-refractivity contribution < 1.29 is 14.3 Å². The molecule has 0 unspecified atom stereocenters. The lowest BCUT2D eigenvalue weighted by atomic mass is 9.97. The van der Waals surface area contributed by atoms with Gasteiger partial charge in [0.05, 0.1) is 22.8 Å². The van der Waals surface area contributed by atoms with E-state index < -0.39 is 0 Å². The topological polar surface area (TPSA) is 58.6 Å². The highest BCUT2D eigenvalue weighted by molar-refractivity contribution is 6.33. The van der Waals surface area contributed by atoms with Crippen LogP contribution in [-0.4, -0.2) is 42.5 Å². The van der Waals surface area contributed by atoms with Gasteiger partial charge in [0.2, 0.25) is 0 Å². The number of rotatable bonds is 6. The smallest absolute Gasteiger partial charge is 0.255 e. The molecule has 1 aliphatic heterocycles. The van der Waals surface area contributed by atoms with Gasteiger partial charge in [0.15, 0.2) is 0 Å². The molecule has 1 heterocycles. The van der Waals surface area contributed by atoms with Crippen molar-refractivity contribution in [2.45, 2.75) is 31.7 Å². The first kappa shape index (κ1) is 19.8. The molecule has 6 heteroatoms. The lowest BCUT2D eigenvalue weighted by Crippen LogP contribution is -2.39. The monoisotopic (exact) mass is 412 g/mol. The molecule has 0 bridgehead atoms. The molecule has 2 fully saturated rings. The second-order valence-corrected chi connectivity index (χ2v) is 8.18. The van der Waals surface area contributed by atoms with Gasteiger partial charge in [-0.1, -0.05) is 35.9 Å². The minimum absolute atomic E-state index is 0.0166. The number of likely N-dealkylation sites (tertiary alicyclic amines) is 1. The van der Waals surface area contributed by atoms with Gasteiger partial charge >= 0.3 is 0 Å². The highest BCUT2D eigenvalue weighted by Crippen LogP contribution is 2.26. The van der Waals surface area contributed by atoms with E-state index >= 15 is 0 Å². The van der Waals surface area contributed by atoms with Crippen LogP contribution in [0.5, 0.6) is 5.75 Å². The fourth-order valence-corrected chi connectivity index (χ4v) is 3.80. The van der Waals surface area contributed by atoms with Crippen LogP contribution < -0.4 is 10.1 Å². The van der Waals surface area contributed by atoms with E-state index in [9.17, 15) is 9.59 Å². The van der Waals surface area contributed by atoms with Crippen molar-refractivity contribution >= 4 is 23.4 Å². The molecule has 0 atom stereocenters. The highest BCUT2D eigenvalue weighted by Gasteiger charge is 2.27. The number of para-hydroxylation sites is 1. The van der Waals surface area contributed by atoms with Crippen LogP contribution in [0.2, 0.25) is 5.02 Å². The van der Waals surface area contributed by atoms with E-state index in [4.69, 9.17) is 16.3 Å². The van der Waals surface area contributed by atoms with Crippen molar-refractivity contribution in [3.05, 3.63) is 64.7 Å². The zero-order valence-corrected chi connectivity index (χ0v) is 17.0. The summed E-state index contributed by atoms with van der Waals surface area (Å²) in [6, 6.07) is 14.9. The lowest BCUT2D eigenvalue weighted by molar-refractivity contribution is 0.0659. The van der Waals surface area contributed by atoms with Crippen LogP contribution in [0.25, 0.3) is 0 Å². The van der Waals surface area contributed by atoms with Gasteiger partial charge in [0.25, 0.3) is 11.8 Å². The van der Waals surface area contributed by atoms with E-state index in [1.54, 1.807) is 18.2 Å². The fourth-order valence-electron chi connectivity index (χ4n) is 3.59. The number of hydrogen-bond donors (Lipinski definition) is 1. The molecule has 1 N–H and O–H groups in total. The Bertz CT molecular complexity index is 889. The third-order valence-electron chi connectivity index (χ3n) is 5.52. The molecular formula is C23H25ClN2O3. The summed E-state index contributed by atoms with van der Waals surface area (Å²) in [4.78, 5) is 26.9. The number of carbonyl (C=O) groups excluding carboxylic acids is 2. The average Bonchev–Trinajstić information content (AvgIpc) is 3.57. The zero-order chi connectivity index (χ0) is 20.2. The highest BCUT2D eigenvalue weighted by atomic mass is 35.5. The molecule has 0 spiro atoms. The molecule has 1 aliphatic carbocycles. The van der Waals surface area contributed by atoms with Crippen molar-refractivity contribution in [1.29, 1.82) is 0 Å². The van der Waals surface area contributed by atoms with Crippen molar-refractivity contribution in [2.75, 3.05) is 19.7 Å². The van der Waals surface area contributed by atoms with Crippen molar-refractivity contribution in [1.82, 2.24) is 10.2 Å². The number of ether oxygens (including phenoxy) is 1. The minimum Gasteiger partial charge on any atom is -0.492 e. The fraction of sp³-hybridized carbons (Fsp3) is 0.391. The number of halogens is 1. The van der Waals surface area contributed by atoms with E-state index in [1.165, 1.54) is 0 Å². The first-order chi connectivity index (χ1) is 14.1. The van der Waals surface area contributed by atoms with Crippen LogP contribution in [0.15, 0.2) is 48.5 Å². The molecule has 0 radical (unpaired) electrons. The maximum atomic E-state index is 12.7. The number of benzene rings is 2. The maximum Gasteiger partial charge on any atom is 0.255 e. The van der Waals surface area contributed by atoms with E-state index in [1.807, 2.05) is 35.2 Å². The van der Waals surface area contributed by atoms with Crippen LogP contribution in [0.1, 0.15) is 46.4 Å². The van der Waals surface area contributed by atoms with E-state index in [0.29, 0.717) is 53.6 Å². The maximum absolute atomic E-state index is 12.7. The van der Waals surface area contributed by atoms with Crippen LogP contribution in [-0.2, 0) is 0 Å². The molecule has 0 aromatic heterocycles. The molecule has 1 saturated heterocycles. The van der Waals surface area contributed by atoms with E-state index in [0.717, 1.165) is 25.7 Å². The minimum atomic E-state index is -0.0664. The Morgan fingerprint density at radius 1 is 0.966 bits per heavy atom. The van der Waals surface area contributed by atoms with Gasteiger partial charge in [-0.3, -0.25) is 9.59 Å². The average molecular weight is 413 g/mol. The van der Waals surface area contributed by atoms with Crippen molar-refractivity contribution in [3.63, 3.8) is 0 Å². The second-order valence-electron chi connectivity index (χ2n) is 7.77. The third-order valence-corrected chi connectivity index (χ3v) is 5.85. The largest absolute Gasteiger partial charge is 0.492 e. The Morgan fingerprint density at radius 2 is 1.62 bits per heavy atom. The quantitative estimate of drug-likeness (QED) is 0.774. The first-order valence-electron chi connectivity index (χ1n) is 10.2. The predicted octanol–water partition coefficient (Wildman–Crippen LogP) is 4.16. The number of piperidine rings is 1. The Kier molecular flexibility index (Phi) is 6.05. The molecule has 1 saturated carbocycles. The van der Waals surface area contributed by atoms with E-state index in [2.05, 4.69) is 5.32 Å². The zero-order valence-electron chi connectivity index (χ0n) is 16.3. The van der Waals surface area contributed by atoms with Gasteiger partial charge in [0, 0.05) is 19.1 Å².